The standard InChI is InChI=1S/C33H40N4O3/c1-37-21-11-12-26(25-37)23-35-30(38)19-20-34-32(40)24-36-31(39)22-33(27-13-5-2-6-14-27,28-15-7-3-8-16-28)29-17-9-4-10-18-29/h2-10,13-18,26H,11-12,19-25H2,1H3,(H,34,40)(H,35,38)(H,36,39). The molecule has 1 unspecified atom stereocenters. The van der Waals surface area contributed by atoms with Gasteiger partial charge in [-0.3, -0.25) is 14.4 Å². The van der Waals surface area contributed by atoms with Gasteiger partial charge in [-0.25, -0.2) is 0 Å². The molecule has 210 valence electrons. The number of hydrogen-bond acceptors (Lipinski definition) is 4. The van der Waals surface area contributed by atoms with Crippen molar-refractivity contribution in [2.75, 3.05) is 39.8 Å². The Morgan fingerprint density at radius 3 is 1.82 bits per heavy atom. The molecule has 0 bridgehead atoms. The largest absolute Gasteiger partial charge is 0.356 e. The van der Waals surface area contributed by atoms with Crippen molar-refractivity contribution >= 4 is 17.7 Å². The third kappa shape index (κ3) is 7.79. The number of benzene rings is 3. The van der Waals surface area contributed by atoms with Gasteiger partial charge in [0.05, 0.1) is 12.0 Å². The molecule has 1 aliphatic heterocycles. The van der Waals surface area contributed by atoms with Crippen molar-refractivity contribution in [2.24, 2.45) is 5.92 Å². The molecule has 40 heavy (non-hydrogen) atoms. The third-order valence-corrected chi connectivity index (χ3v) is 7.66. The molecule has 1 heterocycles. The fraction of sp³-hybridized carbons (Fsp3) is 0.364. The Hall–Kier alpha value is -3.97. The summed E-state index contributed by atoms with van der Waals surface area (Å²) >= 11 is 0. The summed E-state index contributed by atoms with van der Waals surface area (Å²) in [4.78, 5) is 40.4. The Morgan fingerprint density at radius 1 is 0.750 bits per heavy atom. The lowest BCUT2D eigenvalue weighted by atomic mass is 9.67. The number of carbonyl (C=O) groups excluding carboxylic acids is 3. The molecule has 3 amide bonds. The molecule has 1 saturated heterocycles. The van der Waals surface area contributed by atoms with E-state index in [2.05, 4.69) is 27.9 Å². The first-order chi connectivity index (χ1) is 19.5. The van der Waals surface area contributed by atoms with Crippen molar-refractivity contribution in [2.45, 2.75) is 31.1 Å². The number of nitrogens with one attached hydrogen (secondary N) is 3. The predicted octanol–water partition coefficient (Wildman–Crippen LogP) is 3.49. The minimum atomic E-state index is -0.727. The molecule has 0 aliphatic carbocycles. The van der Waals surface area contributed by atoms with E-state index in [9.17, 15) is 14.4 Å². The molecule has 1 aliphatic rings. The van der Waals surface area contributed by atoms with Gasteiger partial charge in [0, 0.05) is 32.5 Å². The quantitative estimate of drug-likeness (QED) is 0.307. The van der Waals surface area contributed by atoms with Crippen LogP contribution >= 0.6 is 0 Å². The fourth-order valence-corrected chi connectivity index (χ4v) is 5.62. The molecule has 3 N–H and O–H groups in total. The van der Waals surface area contributed by atoms with Crippen LogP contribution in [0.2, 0.25) is 0 Å². The zero-order valence-electron chi connectivity index (χ0n) is 23.3. The molecule has 0 saturated carbocycles. The van der Waals surface area contributed by atoms with E-state index < -0.39 is 5.41 Å². The van der Waals surface area contributed by atoms with Gasteiger partial charge in [-0.15, -0.1) is 0 Å². The Balaban J connectivity index is 1.33. The SMILES string of the molecule is CN1CCCC(CNC(=O)CCNC(=O)CNC(=O)CC(c2ccccc2)(c2ccccc2)c2ccccc2)C1. The van der Waals surface area contributed by atoms with Gasteiger partial charge in [-0.2, -0.15) is 0 Å². The molecule has 3 aromatic rings. The Kier molecular flexibility index (Phi) is 10.5. The monoisotopic (exact) mass is 540 g/mol. The summed E-state index contributed by atoms with van der Waals surface area (Å²) < 4.78 is 0. The molecule has 0 spiro atoms. The zero-order valence-corrected chi connectivity index (χ0v) is 23.3. The Morgan fingerprint density at radius 2 is 1.30 bits per heavy atom. The Bertz CT molecular complexity index is 1140. The molecule has 7 nitrogen and oxygen atoms in total. The minimum Gasteiger partial charge on any atom is -0.356 e. The smallest absolute Gasteiger partial charge is 0.239 e. The fourth-order valence-electron chi connectivity index (χ4n) is 5.62. The average Bonchev–Trinajstić information content (AvgIpc) is 2.99. The van der Waals surface area contributed by atoms with Crippen molar-refractivity contribution in [3.05, 3.63) is 108 Å². The number of piperidine rings is 1. The maximum absolute atomic E-state index is 13.4. The molecule has 7 heteroatoms. The second-order valence-corrected chi connectivity index (χ2v) is 10.6. The normalized spacial score (nSPS) is 15.7. The highest BCUT2D eigenvalue weighted by Gasteiger charge is 2.38. The topological polar surface area (TPSA) is 90.5 Å². The van der Waals surface area contributed by atoms with Crippen molar-refractivity contribution < 1.29 is 14.4 Å². The van der Waals surface area contributed by atoms with Gasteiger partial charge >= 0.3 is 0 Å². The summed E-state index contributed by atoms with van der Waals surface area (Å²) in [5, 5.41) is 8.53. The van der Waals surface area contributed by atoms with Crippen LogP contribution in [0.15, 0.2) is 91.0 Å². The van der Waals surface area contributed by atoms with Gasteiger partial charge in [0.1, 0.15) is 0 Å². The van der Waals surface area contributed by atoms with Crippen LogP contribution in [0.5, 0.6) is 0 Å². The average molecular weight is 541 g/mol. The number of rotatable bonds is 12. The van der Waals surface area contributed by atoms with Crippen LogP contribution in [0.4, 0.5) is 0 Å². The van der Waals surface area contributed by atoms with E-state index in [0.29, 0.717) is 12.5 Å². The second kappa shape index (κ2) is 14.4. The summed E-state index contributed by atoms with van der Waals surface area (Å²) in [6.07, 6.45) is 2.63. The summed E-state index contributed by atoms with van der Waals surface area (Å²) in [7, 11) is 2.10. The third-order valence-electron chi connectivity index (χ3n) is 7.66. The van der Waals surface area contributed by atoms with Gasteiger partial charge < -0.3 is 20.9 Å². The first-order valence-corrected chi connectivity index (χ1v) is 14.1. The Labute approximate surface area is 237 Å². The number of carbonyl (C=O) groups is 3. The van der Waals surface area contributed by atoms with Gasteiger partial charge in [-0.1, -0.05) is 91.0 Å². The van der Waals surface area contributed by atoms with E-state index in [-0.39, 0.29) is 43.7 Å². The first kappa shape index (κ1) is 29.0. The van der Waals surface area contributed by atoms with E-state index in [1.54, 1.807) is 0 Å². The lowest BCUT2D eigenvalue weighted by Gasteiger charge is -2.35. The highest BCUT2D eigenvalue weighted by atomic mass is 16.2. The molecule has 3 aromatic carbocycles. The van der Waals surface area contributed by atoms with E-state index in [0.717, 1.165) is 42.6 Å². The highest BCUT2D eigenvalue weighted by molar-refractivity contribution is 5.86. The number of likely N-dealkylation sites (tertiary alicyclic amines) is 1. The van der Waals surface area contributed by atoms with Crippen molar-refractivity contribution in [3.63, 3.8) is 0 Å². The molecule has 4 rings (SSSR count). The highest BCUT2D eigenvalue weighted by Crippen LogP contribution is 2.42. The van der Waals surface area contributed by atoms with Crippen LogP contribution in [0.1, 0.15) is 42.4 Å². The maximum Gasteiger partial charge on any atom is 0.239 e. The van der Waals surface area contributed by atoms with Crippen molar-refractivity contribution in [3.8, 4) is 0 Å². The molecular formula is C33H40N4O3. The van der Waals surface area contributed by atoms with Crippen LogP contribution in [-0.2, 0) is 19.8 Å². The van der Waals surface area contributed by atoms with Gasteiger partial charge in [0.2, 0.25) is 17.7 Å². The van der Waals surface area contributed by atoms with E-state index in [1.807, 2.05) is 91.0 Å². The number of amides is 3. The first-order valence-electron chi connectivity index (χ1n) is 14.1. The van der Waals surface area contributed by atoms with Crippen LogP contribution in [0.25, 0.3) is 0 Å². The van der Waals surface area contributed by atoms with Crippen molar-refractivity contribution in [1.29, 1.82) is 0 Å². The van der Waals surface area contributed by atoms with Crippen molar-refractivity contribution in [1.82, 2.24) is 20.9 Å². The summed E-state index contributed by atoms with van der Waals surface area (Å²) in [5.74, 6) is -0.153. The van der Waals surface area contributed by atoms with E-state index >= 15 is 0 Å². The second-order valence-electron chi connectivity index (χ2n) is 10.6. The molecule has 0 aromatic heterocycles. The van der Waals surface area contributed by atoms with Gasteiger partial charge in [0.25, 0.3) is 0 Å². The summed E-state index contributed by atoms with van der Waals surface area (Å²) in [5.41, 5.74) is 2.27. The van der Waals surface area contributed by atoms with Gasteiger partial charge in [0.15, 0.2) is 0 Å². The molecule has 1 fully saturated rings. The number of nitrogens with zero attached hydrogens (tertiary/aromatic N) is 1. The molecule has 1 atom stereocenters. The van der Waals surface area contributed by atoms with Crippen LogP contribution < -0.4 is 16.0 Å². The lowest BCUT2D eigenvalue weighted by Crippen LogP contribution is -2.42. The van der Waals surface area contributed by atoms with E-state index in [4.69, 9.17) is 0 Å². The lowest BCUT2D eigenvalue weighted by molar-refractivity contribution is -0.126. The molecule has 0 radical (unpaired) electrons. The predicted molar refractivity (Wildman–Crippen MR) is 158 cm³/mol. The van der Waals surface area contributed by atoms with Gasteiger partial charge in [-0.05, 0) is 49.0 Å². The van der Waals surface area contributed by atoms with E-state index in [1.165, 1.54) is 0 Å². The summed E-state index contributed by atoms with van der Waals surface area (Å²) in [6.45, 7) is 2.85. The summed E-state index contributed by atoms with van der Waals surface area (Å²) in [6, 6.07) is 30.0. The van der Waals surface area contributed by atoms with Crippen LogP contribution in [-0.4, -0.2) is 62.4 Å². The maximum atomic E-state index is 13.4. The van der Waals surface area contributed by atoms with Crippen LogP contribution in [0.3, 0.4) is 0 Å². The number of hydrogen-bond donors (Lipinski definition) is 3. The minimum absolute atomic E-state index is 0.0732. The van der Waals surface area contributed by atoms with Crippen LogP contribution in [0, 0.1) is 5.92 Å². The zero-order chi connectivity index (χ0) is 28.2. The molecular weight excluding hydrogens is 500 g/mol.